The lowest BCUT2D eigenvalue weighted by Gasteiger charge is -2.12. The van der Waals surface area contributed by atoms with E-state index in [9.17, 15) is 9.59 Å². The molecule has 0 aliphatic carbocycles. The van der Waals surface area contributed by atoms with Gasteiger partial charge < -0.3 is 4.57 Å². The Balaban J connectivity index is 2.60. The summed E-state index contributed by atoms with van der Waals surface area (Å²) in [6, 6.07) is 1.30. The van der Waals surface area contributed by atoms with Crippen LogP contribution in [0.15, 0.2) is 23.3 Å². The fourth-order valence-corrected chi connectivity index (χ4v) is 1.88. The van der Waals surface area contributed by atoms with Gasteiger partial charge in [-0.3, -0.25) is 9.59 Å². The van der Waals surface area contributed by atoms with Crippen molar-refractivity contribution in [1.29, 1.82) is 0 Å². The number of hydrogen-bond donors (Lipinski definition) is 0. The van der Waals surface area contributed by atoms with E-state index >= 15 is 0 Å². The predicted molar refractivity (Wildman–Crippen MR) is 64.2 cm³/mol. The minimum atomic E-state index is -0.423. The van der Waals surface area contributed by atoms with Gasteiger partial charge in [0.25, 0.3) is 5.56 Å². The third kappa shape index (κ3) is 1.88. The zero-order chi connectivity index (χ0) is 12.6. The molecular formula is C12H15N3O2. The van der Waals surface area contributed by atoms with Crippen LogP contribution in [0.3, 0.4) is 0 Å². The van der Waals surface area contributed by atoms with Gasteiger partial charge in [-0.15, -0.1) is 0 Å². The number of fused-ring (bicyclic) bond motifs is 1. The molecule has 0 aliphatic heterocycles. The van der Waals surface area contributed by atoms with Crippen molar-refractivity contribution < 1.29 is 4.79 Å². The third-order valence-electron chi connectivity index (χ3n) is 2.91. The van der Waals surface area contributed by atoms with Gasteiger partial charge in [0.05, 0.1) is 11.7 Å². The second-order valence-corrected chi connectivity index (χ2v) is 4.12. The highest BCUT2D eigenvalue weighted by Gasteiger charge is 2.15. The van der Waals surface area contributed by atoms with E-state index in [1.807, 2.05) is 6.92 Å². The van der Waals surface area contributed by atoms with Crippen molar-refractivity contribution in [3.05, 3.63) is 34.5 Å². The Labute approximate surface area is 98.7 Å². The Morgan fingerprint density at radius 3 is 2.82 bits per heavy atom. The van der Waals surface area contributed by atoms with Gasteiger partial charge >= 0.3 is 0 Å². The monoisotopic (exact) mass is 233 g/mol. The molecule has 0 aromatic carbocycles. The average Bonchev–Trinajstić information content (AvgIpc) is 2.69. The summed E-state index contributed by atoms with van der Waals surface area (Å²) in [7, 11) is 0. The number of nitrogens with zero attached hydrogens (tertiary/aromatic N) is 3. The number of aryl methyl sites for hydroxylation is 1. The standard InChI is InChI=1S/C12H15N3O2/c1-4-11(16)9(3)14-5-6-15-10(12(14)17)7-8(2)13-15/h5-7,9H,4H2,1-3H3. The molecule has 0 fully saturated rings. The smallest absolute Gasteiger partial charge is 0.277 e. The Hall–Kier alpha value is -1.91. The van der Waals surface area contributed by atoms with Gasteiger partial charge in [-0.05, 0) is 19.9 Å². The Morgan fingerprint density at radius 1 is 1.47 bits per heavy atom. The van der Waals surface area contributed by atoms with Gasteiger partial charge in [-0.2, -0.15) is 5.10 Å². The highest BCUT2D eigenvalue weighted by molar-refractivity contribution is 5.81. The van der Waals surface area contributed by atoms with Crippen LogP contribution in [0.5, 0.6) is 0 Å². The van der Waals surface area contributed by atoms with Gasteiger partial charge in [0.2, 0.25) is 0 Å². The normalized spacial score (nSPS) is 12.9. The summed E-state index contributed by atoms with van der Waals surface area (Å²) in [6.45, 7) is 5.37. The zero-order valence-electron chi connectivity index (χ0n) is 10.2. The van der Waals surface area contributed by atoms with Crippen molar-refractivity contribution in [2.45, 2.75) is 33.2 Å². The molecule has 0 radical (unpaired) electrons. The second kappa shape index (κ2) is 4.16. The van der Waals surface area contributed by atoms with Crippen molar-refractivity contribution in [2.24, 2.45) is 0 Å². The molecule has 0 saturated heterocycles. The van der Waals surface area contributed by atoms with Gasteiger partial charge in [0.1, 0.15) is 5.52 Å². The molecule has 1 atom stereocenters. The summed E-state index contributed by atoms with van der Waals surface area (Å²) in [4.78, 5) is 23.8. The Bertz CT molecular complexity index is 624. The Morgan fingerprint density at radius 2 is 2.18 bits per heavy atom. The summed E-state index contributed by atoms with van der Waals surface area (Å²) in [5.74, 6) is 0.0488. The maximum absolute atomic E-state index is 12.2. The van der Waals surface area contributed by atoms with E-state index in [1.165, 1.54) is 9.08 Å². The summed E-state index contributed by atoms with van der Waals surface area (Å²) >= 11 is 0. The summed E-state index contributed by atoms with van der Waals surface area (Å²) in [6.07, 6.45) is 3.74. The van der Waals surface area contributed by atoms with Crippen molar-refractivity contribution in [3.8, 4) is 0 Å². The zero-order valence-corrected chi connectivity index (χ0v) is 10.2. The van der Waals surface area contributed by atoms with E-state index in [0.29, 0.717) is 11.9 Å². The van der Waals surface area contributed by atoms with E-state index in [4.69, 9.17) is 0 Å². The number of carbonyl (C=O) groups excluding carboxylic acids is 1. The van der Waals surface area contributed by atoms with E-state index in [1.54, 1.807) is 32.3 Å². The van der Waals surface area contributed by atoms with Crippen LogP contribution in [0.4, 0.5) is 0 Å². The fourth-order valence-electron chi connectivity index (χ4n) is 1.88. The molecule has 17 heavy (non-hydrogen) atoms. The highest BCUT2D eigenvalue weighted by Crippen LogP contribution is 2.08. The second-order valence-electron chi connectivity index (χ2n) is 4.12. The van der Waals surface area contributed by atoms with Gasteiger partial charge in [-0.1, -0.05) is 6.92 Å². The van der Waals surface area contributed by atoms with Gasteiger partial charge in [-0.25, -0.2) is 4.52 Å². The molecule has 2 aromatic heterocycles. The first kappa shape index (κ1) is 11.6. The molecule has 2 heterocycles. The predicted octanol–water partition coefficient (Wildman–Crippen LogP) is 1.34. The van der Waals surface area contributed by atoms with Crippen LogP contribution in [-0.2, 0) is 4.79 Å². The number of Topliss-reactive ketones (excluding diaryl/α,β-unsaturated/α-hetero) is 1. The lowest BCUT2D eigenvalue weighted by atomic mass is 10.1. The van der Waals surface area contributed by atoms with E-state index in [2.05, 4.69) is 5.10 Å². The van der Waals surface area contributed by atoms with Crippen LogP contribution < -0.4 is 5.56 Å². The Kier molecular flexibility index (Phi) is 2.83. The number of rotatable bonds is 3. The first-order valence-corrected chi connectivity index (χ1v) is 5.64. The van der Waals surface area contributed by atoms with Crippen molar-refractivity contribution >= 4 is 11.3 Å². The topological polar surface area (TPSA) is 56.4 Å². The molecule has 0 amide bonds. The number of carbonyl (C=O) groups is 1. The molecule has 0 aliphatic rings. The minimum Gasteiger partial charge on any atom is -0.302 e. The molecule has 2 rings (SSSR count). The molecule has 0 saturated carbocycles. The molecule has 5 nitrogen and oxygen atoms in total. The van der Waals surface area contributed by atoms with Crippen LogP contribution in [-0.4, -0.2) is 20.0 Å². The van der Waals surface area contributed by atoms with Crippen molar-refractivity contribution in [1.82, 2.24) is 14.2 Å². The van der Waals surface area contributed by atoms with Crippen LogP contribution in [0, 0.1) is 6.92 Å². The molecule has 1 unspecified atom stereocenters. The lowest BCUT2D eigenvalue weighted by molar-refractivity contribution is -0.121. The average molecular weight is 233 g/mol. The highest BCUT2D eigenvalue weighted by atomic mass is 16.1. The molecule has 90 valence electrons. The summed E-state index contributed by atoms with van der Waals surface area (Å²) in [5.41, 5.74) is 1.11. The van der Waals surface area contributed by atoms with Crippen LogP contribution >= 0.6 is 0 Å². The largest absolute Gasteiger partial charge is 0.302 e. The minimum absolute atomic E-state index is 0.0488. The fraction of sp³-hybridized carbons (Fsp3) is 0.417. The molecular weight excluding hydrogens is 218 g/mol. The van der Waals surface area contributed by atoms with Gasteiger partial charge in [0, 0.05) is 18.8 Å². The maximum atomic E-state index is 12.2. The van der Waals surface area contributed by atoms with Crippen LogP contribution in [0.1, 0.15) is 32.0 Å². The molecule has 0 spiro atoms. The number of ketones is 1. The first-order chi connectivity index (χ1) is 8.04. The van der Waals surface area contributed by atoms with Crippen molar-refractivity contribution in [3.63, 3.8) is 0 Å². The maximum Gasteiger partial charge on any atom is 0.277 e. The lowest BCUT2D eigenvalue weighted by Crippen LogP contribution is -2.28. The van der Waals surface area contributed by atoms with Crippen LogP contribution in [0.2, 0.25) is 0 Å². The van der Waals surface area contributed by atoms with E-state index in [0.717, 1.165) is 5.69 Å². The SMILES string of the molecule is CCC(=O)C(C)n1ccn2nc(C)cc2c1=O. The third-order valence-corrected chi connectivity index (χ3v) is 2.91. The van der Waals surface area contributed by atoms with Crippen molar-refractivity contribution in [2.75, 3.05) is 0 Å². The summed E-state index contributed by atoms with van der Waals surface area (Å²) < 4.78 is 3.00. The number of aromatic nitrogens is 3. The molecule has 0 bridgehead atoms. The molecule has 5 heteroatoms. The van der Waals surface area contributed by atoms with Gasteiger partial charge in [0.15, 0.2) is 5.78 Å². The first-order valence-electron chi connectivity index (χ1n) is 5.64. The molecule has 0 N–H and O–H groups in total. The van der Waals surface area contributed by atoms with E-state index in [-0.39, 0.29) is 11.3 Å². The quantitative estimate of drug-likeness (QED) is 0.804. The summed E-state index contributed by atoms with van der Waals surface area (Å²) in [5, 5.41) is 4.16. The number of hydrogen-bond acceptors (Lipinski definition) is 3. The van der Waals surface area contributed by atoms with Crippen LogP contribution in [0.25, 0.3) is 5.52 Å². The van der Waals surface area contributed by atoms with E-state index < -0.39 is 6.04 Å². The molecule has 2 aromatic rings.